The average Bonchev–Trinajstić information content (AvgIpc) is 1.71. The van der Waals surface area contributed by atoms with Crippen LogP contribution < -0.4 is 0 Å². The molecule has 0 aromatic carbocycles. The maximum absolute atomic E-state index is 8.15. The van der Waals surface area contributed by atoms with Crippen LogP contribution in [0.1, 0.15) is 20.8 Å². The van der Waals surface area contributed by atoms with Gasteiger partial charge in [0.2, 0.25) is 0 Å². The molecule has 0 unspecified atom stereocenters. The fourth-order valence-electron chi connectivity index (χ4n) is 0. The van der Waals surface area contributed by atoms with E-state index in [-0.39, 0.29) is 26.5 Å². The first-order chi connectivity index (χ1) is 3.56. The molecule has 0 N–H and O–H groups in total. The molecule has 0 aromatic rings. The van der Waals surface area contributed by atoms with Crippen LogP contribution in [0.15, 0.2) is 0 Å². The standard InChI is InChI=1S/C5H9N.CHO.W/c1-5(2,3)4-6;1-2;/h1-3H3;1H;/q;-1;. The van der Waals surface area contributed by atoms with Crippen molar-refractivity contribution >= 4 is 6.79 Å². The van der Waals surface area contributed by atoms with E-state index in [0.29, 0.717) is 0 Å². The van der Waals surface area contributed by atoms with Crippen molar-refractivity contribution in [2.45, 2.75) is 20.8 Å². The van der Waals surface area contributed by atoms with Gasteiger partial charge in [-0.05, 0) is 20.8 Å². The first-order valence-electron chi connectivity index (χ1n) is 2.21. The molecule has 0 bridgehead atoms. The summed E-state index contributed by atoms with van der Waals surface area (Å²) in [5.41, 5.74) is -0.153. The van der Waals surface area contributed by atoms with Crippen molar-refractivity contribution in [3.63, 3.8) is 0 Å². The Morgan fingerprint density at radius 3 is 1.44 bits per heavy atom. The first kappa shape index (κ1) is 15.9. The third-order valence-electron chi connectivity index (χ3n) is 0.335. The molecule has 0 radical (unpaired) electrons. The van der Waals surface area contributed by atoms with Crippen LogP contribution in [-0.2, 0) is 25.9 Å². The minimum atomic E-state index is -0.153. The fourth-order valence-corrected chi connectivity index (χ4v) is 0. The molecule has 9 heavy (non-hydrogen) atoms. The van der Waals surface area contributed by atoms with Crippen molar-refractivity contribution < 1.29 is 25.9 Å². The Morgan fingerprint density at radius 2 is 1.44 bits per heavy atom. The van der Waals surface area contributed by atoms with Crippen molar-refractivity contribution in [3.05, 3.63) is 0 Å². The van der Waals surface area contributed by atoms with Gasteiger partial charge < -0.3 is 4.79 Å². The smallest absolute Gasteiger partial charge is 0.0680 e. The van der Waals surface area contributed by atoms with Crippen LogP contribution in [0.3, 0.4) is 0 Å². The maximum atomic E-state index is 8.15. The Labute approximate surface area is 70.5 Å². The second kappa shape index (κ2) is 7.85. The van der Waals surface area contributed by atoms with Crippen LogP contribution in [0.2, 0.25) is 0 Å². The van der Waals surface area contributed by atoms with Crippen LogP contribution in [0.4, 0.5) is 0 Å². The Bertz CT molecular complexity index is 90.2. The third-order valence-corrected chi connectivity index (χ3v) is 0.335. The van der Waals surface area contributed by atoms with Gasteiger partial charge in [0.05, 0.1) is 6.07 Å². The zero-order valence-electron chi connectivity index (χ0n) is 5.84. The van der Waals surface area contributed by atoms with E-state index < -0.39 is 0 Å². The molecule has 0 aliphatic rings. The second-order valence-corrected chi connectivity index (χ2v) is 2.36. The Balaban J connectivity index is -0.000000109. The molecule has 2 nitrogen and oxygen atoms in total. The quantitative estimate of drug-likeness (QED) is 0.499. The zero-order valence-corrected chi connectivity index (χ0v) is 8.77. The number of hydrogen-bond acceptors (Lipinski definition) is 2. The molecule has 0 aliphatic heterocycles. The van der Waals surface area contributed by atoms with Crippen molar-refractivity contribution in [3.8, 4) is 6.07 Å². The summed E-state index contributed by atoms with van der Waals surface area (Å²) in [6.07, 6.45) is 0. The summed E-state index contributed by atoms with van der Waals surface area (Å²) in [7, 11) is 0. The SMILES string of the molecule is CC(C)(C)C#N.[CH-]=O.[W]. The number of hydrogen-bond donors (Lipinski definition) is 0. The van der Waals surface area contributed by atoms with Gasteiger partial charge in [-0.2, -0.15) is 5.26 Å². The molecule has 0 aromatic heterocycles. The van der Waals surface area contributed by atoms with Crippen LogP contribution in [-0.4, -0.2) is 6.79 Å². The third kappa shape index (κ3) is 33.1. The topological polar surface area (TPSA) is 40.9 Å². The van der Waals surface area contributed by atoms with E-state index >= 15 is 0 Å². The molecule has 3 heteroatoms. The second-order valence-electron chi connectivity index (χ2n) is 2.36. The molecule has 52 valence electrons. The van der Waals surface area contributed by atoms with Crippen LogP contribution in [0.5, 0.6) is 0 Å². The molecule has 0 saturated carbocycles. The number of nitrogens with zero attached hydrogens (tertiary/aromatic N) is 1. The molecule has 0 spiro atoms. The van der Waals surface area contributed by atoms with Gasteiger partial charge in [0.25, 0.3) is 0 Å². The largest absolute Gasteiger partial charge is 0.545 e. The van der Waals surface area contributed by atoms with Crippen LogP contribution in [0, 0.1) is 16.7 Å². The van der Waals surface area contributed by atoms with E-state index in [0.717, 1.165) is 0 Å². The van der Waals surface area contributed by atoms with Crippen molar-refractivity contribution in [1.29, 1.82) is 5.26 Å². The van der Waals surface area contributed by atoms with Gasteiger partial charge in [0.1, 0.15) is 0 Å². The number of rotatable bonds is 0. The maximum Gasteiger partial charge on any atom is 0.0680 e. The summed E-state index contributed by atoms with van der Waals surface area (Å²) < 4.78 is 0. The molecule has 0 heterocycles. The van der Waals surface area contributed by atoms with Gasteiger partial charge in [0, 0.05) is 26.5 Å². The minimum absolute atomic E-state index is 0. The predicted octanol–water partition coefficient (Wildman–Crippen LogP) is 1.28. The van der Waals surface area contributed by atoms with Crippen molar-refractivity contribution in [2.75, 3.05) is 0 Å². The van der Waals surface area contributed by atoms with E-state index in [9.17, 15) is 0 Å². The van der Waals surface area contributed by atoms with E-state index in [1.165, 1.54) is 0 Å². The number of carbonyl (C=O) groups excluding carboxylic acids is 1. The van der Waals surface area contributed by atoms with Gasteiger partial charge in [-0.1, -0.05) is 0 Å². The number of nitriles is 1. The first-order valence-corrected chi connectivity index (χ1v) is 2.21. The monoisotopic (exact) mass is 296 g/mol. The molecule has 0 aliphatic carbocycles. The molecule has 0 saturated heterocycles. The minimum Gasteiger partial charge on any atom is -0.545 e. The molecule has 0 rings (SSSR count). The van der Waals surface area contributed by atoms with E-state index in [4.69, 9.17) is 10.1 Å². The van der Waals surface area contributed by atoms with Gasteiger partial charge in [0.15, 0.2) is 0 Å². The van der Waals surface area contributed by atoms with Crippen LogP contribution >= 0.6 is 0 Å². The van der Waals surface area contributed by atoms with E-state index in [1.54, 1.807) is 0 Å². The summed E-state index contributed by atoms with van der Waals surface area (Å²) in [4.78, 5) is 7.75. The molecule has 0 atom stereocenters. The van der Waals surface area contributed by atoms with E-state index in [2.05, 4.69) is 12.9 Å². The molecular formula is C6H10NOW-. The predicted molar refractivity (Wildman–Crippen MR) is 31.8 cm³/mol. The van der Waals surface area contributed by atoms with Crippen molar-refractivity contribution in [2.24, 2.45) is 5.41 Å². The summed E-state index contributed by atoms with van der Waals surface area (Å²) in [6.45, 7) is 8.90. The van der Waals surface area contributed by atoms with Gasteiger partial charge in [-0.3, -0.25) is 6.79 Å². The Morgan fingerprint density at radius 1 is 1.33 bits per heavy atom. The van der Waals surface area contributed by atoms with Gasteiger partial charge >= 0.3 is 0 Å². The molecule has 0 fully saturated rings. The Hall–Kier alpha value is -0.152. The average molecular weight is 296 g/mol. The fraction of sp³-hybridized carbons (Fsp3) is 0.667. The van der Waals surface area contributed by atoms with Crippen molar-refractivity contribution in [1.82, 2.24) is 0 Å². The van der Waals surface area contributed by atoms with Crippen LogP contribution in [0.25, 0.3) is 0 Å². The van der Waals surface area contributed by atoms with Gasteiger partial charge in [-0.25, -0.2) is 0 Å². The Kier molecular flexibility index (Phi) is 13.9. The summed E-state index contributed by atoms with van der Waals surface area (Å²) in [5, 5.41) is 8.15. The molecule has 0 amide bonds. The zero-order chi connectivity index (χ0) is 7.21. The van der Waals surface area contributed by atoms with E-state index in [1.807, 2.05) is 20.8 Å². The normalized spacial score (nSPS) is 7.33. The summed E-state index contributed by atoms with van der Waals surface area (Å²) in [6, 6.07) is 2.10. The summed E-state index contributed by atoms with van der Waals surface area (Å²) in [5.74, 6) is 0. The molecular weight excluding hydrogens is 286 g/mol. The summed E-state index contributed by atoms with van der Waals surface area (Å²) >= 11 is 0. The van der Waals surface area contributed by atoms with Gasteiger partial charge in [-0.15, -0.1) is 0 Å².